The van der Waals surface area contributed by atoms with E-state index in [4.69, 9.17) is 14.6 Å². The summed E-state index contributed by atoms with van der Waals surface area (Å²) in [4.78, 5) is 10.7. The number of aryl methyl sites for hydroxylation is 3. The summed E-state index contributed by atoms with van der Waals surface area (Å²) in [7, 11) is 0. The highest BCUT2D eigenvalue weighted by molar-refractivity contribution is 5.67. The van der Waals surface area contributed by atoms with Gasteiger partial charge in [0, 0.05) is 18.4 Å². The molecular formula is C24H30O4. The number of hydrogen-bond donors (Lipinski definition) is 1. The molecule has 4 heteroatoms. The normalized spacial score (nSPS) is 11.7. The maximum atomic E-state index is 10.7. The molecule has 0 aromatic heterocycles. The maximum absolute atomic E-state index is 10.7. The van der Waals surface area contributed by atoms with Crippen LogP contribution in [0.1, 0.15) is 48.9 Å². The third kappa shape index (κ3) is 6.45. The molecule has 0 saturated carbocycles. The SMILES string of the molecule is C=Cc1cc(CC)ccc1OC(C)CCOc1ccc(CCC(=O)O)c(C)c1. The summed E-state index contributed by atoms with van der Waals surface area (Å²) in [6.45, 7) is 10.6. The van der Waals surface area contributed by atoms with E-state index in [9.17, 15) is 4.79 Å². The lowest BCUT2D eigenvalue weighted by atomic mass is 10.0. The summed E-state index contributed by atoms with van der Waals surface area (Å²) < 4.78 is 11.9. The zero-order valence-electron chi connectivity index (χ0n) is 17.0. The van der Waals surface area contributed by atoms with Crippen LogP contribution in [0.2, 0.25) is 0 Å². The van der Waals surface area contributed by atoms with Crippen molar-refractivity contribution >= 4 is 12.0 Å². The minimum absolute atomic E-state index is 0.0158. The molecule has 0 aliphatic heterocycles. The van der Waals surface area contributed by atoms with E-state index in [0.29, 0.717) is 13.0 Å². The van der Waals surface area contributed by atoms with Crippen LogP contribution in [0, 0.1) is 6.92 Å². The average Bonchev–Trinajstić information content (AvgIpc) is 2.67. The van der Waals surface area contributed by atoms with Gasteiger partial charge in [-0.15, -0.1) is 0 Å². The van der Waals surface area contributed by atoms with E-state index in [1.54, 1.807) is 0 Å². The van der Waals surface area contributed by atoms with Gasteiger partial charge >= 0.3 is 5.97 Å². The molecule has 2 aromatic carbocycles. The molecule has 1 unspecified atom stereocenters. The topological polar surface area (TPSA) is 55.8 Å². The van der Waals surface area contributed by atoms with Crippen LogP contribution >= 0.6 is 0 Å². The average molecular weight is 383 g/mol. The monoisotopic (exact) mass is 382 g/mol. The second-order valence-corrected chi connectivity index (χ2v) is 6.98. The van der Waals surface area contributed by atoms with Crippen molar-refractivity contribution in [2.24, 2.45) is 0 Å². The van der Waals surface area contributed by atoms with E-state index < -0.39 is 5.97 Å². The lowest BCUT2D eigenvalue weighted by Crippen LogP contribution is -2.16. The summed E-state index contributed by atoms with van der Waals surface area (Å²) in [5, 5.41) is 8.81. The first-order chi connectivity index (χ1) is 13.4. The lowest BCUT2D eigenvalue weighted by Gasteiger charge is -2.18. The van der Waals surface area contributed by atoms with Crippen molar-refractivity contribution in [3.05, 3.63) is 65.2 Å². The minimum Gasteiger partial charge on any atom is -0.493 e. The fraction of sp³-hybridized carbons (Fsp3) is 0.375. The molecule has 0 bridgehead atoms. The number of aliphatic carboxylic acids is 1. The number of carboxylic acid groups (broad SMARTS) is 1. The summed E-state index contributed by atoms with van der Waals surface area (Å²) in [5.41, 5.74) is 4.37. The van der Waals surface area contributed by atoms with Crippen LogP contribution in [0.15, 0.2) is 43.0 Å². The van der Waals surface area contributed by atoms with Crippen molar-refractivity contribution in [2.45, 2.75) is 52.6 Å². The van der Waals surface area contributed by atoms with Crippen LogP contribution in [0.25, 0.3) is 6.08 Å². The summed E-state index contributed by atoms with van der Waals surface area (Å²) in [6.07, 6.45) is 4.26. The van der Waals surface area contributed by atoms with Crippen LogP contribution in [0.4, 0.5) is 0 Å². The quantitative estimate of drug-likeness (QED) is 0.561. The van der Waals surface area contributed by atoms with Crippen molar-refractivity contribution in [3.8, 4) is 11.5 Å². The highest BCUT2D eigenvalue weighted by Crippen LogP contribution is 2.24. The Hall–Kier alpha value is -2.75. The first-order valence-electron chi connectivity index (χ1n) is 9.79. The molecule has 2 aromatic rings. The number of carbonyl (C=O) groups is 1. The van der Waals surface area contributed by atoms with Crippen molar-refractivity contribution in [3.63, 3.8) is 0 Å². The van der Waals surface area contributed by atoms with E-state index in [2.05, 4.69) is 25.6 Å². The molecule has 1 atom stereocenters. The molecule has 4 nitrogen and oxygen atoms in total. The van der Waals surface area contributed by atoms with Gasteiger partial charge in [-0.1, -0.05) is 31.7 Å². The largest absolute Gasteiger partial charge is 0.493 e. The molecule has 0 amide bonds. The molecule has 0 saturated heterocycles. The zero-order chi connectivity index (χ0) is 20.5. The van der Waals surface area contributed by atoms with Crippen LogP contribution in [0.3, 0.4) is 0 Å². The van der Waals surface area contributed by atoms with Crippen LogP contribution in [-0.2, 0) is 17.6 Å². The second kappa shape index (κ2) is 10.5. The lowest BCUT2D eigenvalue weighted by molar-refractivity contribution is -0.136. The summed E-state index contributed by atoms with van der Waals surface area (Å²) in [5.74, 6) is 0.860. The smallest absolute Gasteiger partial charge is 0.303 e. The summed E-state index contributed by atoms with van der Waals surface area (Å²) in [6, 6.07) is 12.0. The highest BCUT2D eigenvalue weighted by Gasteiger charge is 2.09. The standard InChI is InChI=1S/C24H30O4/c1-5-19-7-11-23(20(6-2)16-19)28-18(4)13-14-27-22-10-8-21(17(3)15-22)9-12-24(25)26/h6-8,10-11,15-16,18H,2,5,9,12-14H2,1,3-4H3,(H,25,26). The molecule has 0 fully saturated rings. The third-order valence-corrected chi connectivity index (χ3v) is 4.75. The van der Waals surface area contributed by atoms with Gasteiger partial charge in [0.05, 0.1) is 12.7 Å². The molecule has 0 aliphatic rings. The van der Waals surface area contributed by atoms with Crippen molar-refractivity contribution in [1.29, 1.82) is 0 Å². The van der Waals surface area contributed by atoms with Crippen LogP contribution in [-0.4, -0.2) is 23.8 Å². The maximum Gasteiger partial charge on any atom is 0.303 e. The molecule has 0 radical (unpaired) electrons. The Bertz CT molecular complexity index is 810. The minimum atomic E-state index is -0.780. The van der Waals surface area contributed by atoms with Gasteiger partial charge < -0.3 is 14.6 Å². The predicted molar refractivity (Wildman–Crippen MR) is 113 cm³/mol. The molecule has 28 heavy (non-hydrogen) atoms. The molecule has 150 valence electrons. The first-order valence-corrected chi connectivity index (χ1v) is 9.79. The molecule has 0 spiro atoms. The Labute approximate surface area is 167 Å². The molecular weight excluding hydrogens is 352 g/mol. The van der Waals surface area contributed by atoms with Gasteiger partial charge in [0.2, 0.25) is 0 Å². The van der Waals surface area contributed by atoms with Gasteiger partial charge in [0.1, 0.15) is 11.5 Å². The Morgan fingerprint density at radius 2 is 2.04 bits per heavy atom. The van der Waals surface area contributed by atoms with Gasteiger partial charge in [-0.25, -0.2) is 0 Å². The Morgan fingerprint density at radius 1 is 1.25 bits per heavy atom. The number of carboxylic acids is 1. The highest BCUT2D eigenvalue weighted by atomic mass is 16.5. The fourth-order valence-corrected chi connectivity index (χ4v) is 2.98. The van der Waals surface area contributed by atoms with E-state index in [0.717, 1.165) is 41.0 Å². The third-order valence-electron chi connectivity index (χ3n) is 4.75. The van der Waals surface area contributed by atoms with Gasteiger partial charge in [0.25, 0.3) is 0 Å². The van der Waals surface area contributed by atoms with Gasteiger partial charge in [0.15, 0.2) is 0 Å². The van der Waals surface area contributed by atoms with Crippen molar-refractivity contribution < 1.29 is 19.4 Å². The first kappa shape index (κ1) is 21.5. The van der Waals surface area contributed by atoms with E-state index in [1.807, 2.05) is 44.2 Å². The van der Waals surface area contributed by atoms with Gasteiger partial charge in [-0.2, -0.15) is 0 Å². The van der Waals surface area contributed by atoms with Crippen molar-refractivity contribution in [2.75, 3.05) is 6.61 Å². The second-order valence-electron chi connectivity index (χ2n) is 6.98. The van der Waals surface area contributed by atoms with E-state index in [-0.39, 0.29) is 12.5 Å². The Morgan fingerprint density at radius 3 is 2.68 bits per heavy atom. The molecule has 1 N–H and O–H groups in total. The number of hydrogen-bond acceptors (Lipinski definition) is 3. The van der Waals surface area contributed by atoms with Gasteiger partial charge in [-0.05, 0) is 67.6 Å². The van der Waals surface area contributed by atoms with Gasteiger partial charge in [-0.3, -0.25) is 4.79 Å². The Balaban J connectivity index is 1.85. The molecule has 0 heterocycles. The van der Waals surface area contributed by atoms with Crippen LogP contribution in [0.5, 0.6) is 11.5 Å². The fourth-order valence-electron chi connectivity index (χ4n) is 2.98. The van der Waals surface area contributed by atoms with E-state index >= 15 is 0 Å². The predicted octanol–water partition coefficient (Wildman–Crippen LogP) is 5.45. The number of ether oxygens (including phenoxy) is 2. The molecule has 0 aliphatic carbocycles. The number of benzene rings is 2. The van der Waals surface area contributed by atoms with Crippen molar-refractivity contribution in [1.82, 2.24) is 0 Å². The number of rotatable bonds is 11. The van der Waals surface area contributed by atoms with E-state index in [1.165, 1.54) is 5.56 Å². The summed E-state index contributed by atoms with van der Waals surface area (Å²) >= 11 is 0. The zero-order valence-corrected chi connectivity index (χ0v) is 17.0. The molecule has 2 rings (SSSR count). The Kier molecular flexibility index (Phi) is 8.12. The van der Waals surface area contributed by atoms with Crippen LogP contribution < -0.4 is 9.47 Å².